The summed E-state index contributed by atoms with van der Waals surface area (Å²) in [7, 11) is -16.8. The van der Waals surface area contributed by atoms with Gasteiger partial charge < -0.3 is 49.6 Å². The lowest BCUT2D eigenvalue weighted by molar-refractivity contribution is -0.314. The largest absolute Gasteiger partial charge is 0.415 e. The van der Waals surface area contributed by atoms with Crippen LogP contribution in [0.4, 0.5) is 0 Å². The van der Waals surface area contributed by atoms with Crippen LogP contribution in [0, 0.1) is 0 Å². The molecule has 328 valence electrons. The Labute approximate surface area is 346 Å². The first kappa shape index (κ1) is 52.4. The predicted octanol–water partition coefficient (Wildman–Crippen LogP) is 9.48. The van der Waals surface area contributed by atoms with Gasteiger partial charge in [-0.15, -0.1) is 0 Å². The molecule has 1 unspecified atom stereocenters. The van der Waals surface area contributed by atoms with Crippen LogP contribution >= 0.6 is 0 Å². The van der Waals surface area contributed by atoms with Gasteiger partial charge in [-0.1, -0.05) is 0 Å². The third-order valence-electron chi connectivity index (χ3n) is 7.70. The zero-order chi connectivity index (χ0) is 43.0. The van der Waals surface area contributed by atoms with Crippen LogP contribution < -0.4 is 0 Å². The van der Waals surface area contributed by atoms with Crippen molar-refractivity contribution in [2.75, 3.05) is 13.2 Å². The van der Waals surface area contributed by atoms with E-state index in [9.17, 15) is 0 Å². The minimum atomic E-state index is -2.17. The van der Waals surface area contributed by atoms with Crippen LogP contribution in [-0.2, 0) is 49.6 Å². The highest BCUT2D eigenvalue weighted by Gasteiger charge is 2.55. The van der Waals surface area contributed by atoms with Gasteiger partial charge >= 0.3 is 0 Å². The van der Waals surface area contributed by atoms with Crippen molar-refractivity contribution in [1.82, 2.24) is 0 Å². The summed E-state index contributed by atoms with van der Waals surface area (Å²) in [5.74, 6) is 0. The van der Waals surface area contributed by atoms with Gasteiger partial charge in [0, 0.05) is 0 Å². The molecule has 0 amide bonds. The van der Waals surface area contributed by atoms with Crippen molar-refractivity contribution >= 4 is 66.5 Å². The Morgan fingerprint density at radius 3 is 0.891 bits per heavy atom. The Morgan fingerprint density at radius 2 is 0.564 bits per heavy atom. The van der Waals surface area contributed by atoms with E-state index in [1.807, 2.05) is 0 Å². The maximum Gasteiger partial charge on any atom is 0.187 e. The molecule has 2 saturated heterocycles. The molecule has 11 nitrogen and oxygen atoms in total. The Balaban J connectivity index is 2.76. The molecule has 19 heteroatoms. The van der Waals surface area contributed by atoms with Gasteiger partial charge in [-0.25, -0.2) is 0 Å². The van der Waals surface area contributed by atoms with E-state index in [1.54, 1.807) is 0 Å². The minimum absolute atomic E-state index is 0.170. The molecule has 0 aliphatic carbocycles. The Hall–Kier alpha value is 1.30. The average Bonchev–Trinajstić information content (AvgIpc) is 2.87. The zero-order valence-electron chi connectivity index (χ0n) is 39.7. The molecular formula is C36H86O11Si8. The van der Waals surface area contributed by atoms with Gasteiger partial charge in [0.15, 0.2) is 79.1 Å². The molecule has 0 spiro atoms. The number of ether oxygens (including phenoxy) is 3. The second-order valence-corrected chi connectivity index (χ2v) is 59.0. The molecule has 2 fully saturated rings. The lowest BCUT2D eigenvalue weighted by Gasteiger charge is -2.53. The summed E-state index contributed by atoms with van der Waals surface area (Å²) < 4.78 is 76.8. The molecule has 0 saturated carbocycles. The van der Waals surface area contributed by atoms with Gasteiger partial charge in [0.1, 0.15) is 48.8 Å². The van der Waals surface area contributed by atoms with E-state index >= 15 is 0 Å². The molecule has 0 aromatic rings. The molecule has 0 aromatic carbocycles. The molecule has 2 aliphatic heterocycles. The monoisotopic (exact) mass is 918 g/mol. The van der Waals surface area contributed by atoms with Gasteiger partial charge in [0.05, 0.1) is 13.2 Å². The molecule has 55 heavy (non-hydrogen) atoms. The van der Waals surface area contributed by atoms with Crippen LogP contribution in [0.15, 0.2) is 0 Å². The first-order valence-electron chi connectivity index (χ1n) is 20.5. The highest BCUT2D eigenvalue weighted by molar-refractivity contribution is 6.72. The zero-order valence-corrected chi connectivity index (χ0v) is 47.7. The smallest absolute Gasteiger partial charge is 0.187 e. The number of rotatable bonds is 20. The van der Waals surface area contributed by atoms with Crippen molar-refractivity contribution in [3.63, 3.8) is 0 Å². The van der Waals surface area contributed by atoms with Crippen LogP contribution in [0.1, 0.15) is 0 Å². The fourth-order valence-corrected chi connectivity index (χ4v) is 14.4. The highest BCUT2D eigenvalue weighted by atomic mass is 28.4. The third kappa shape index (κ3) is 20.6. The topological polar surface area (TPSA) is 102 Å². The summed E-state index contributed by atoms with van der Waals surface area (Å²) in [5, 5.41) is 0. The first-order chi connectivity index (χ1) is 24.2. The molecule has 2 rings (SSSR count). The van der Waals surface area contributed by atoms with E-state index < -0.39 is 122 Å². The summed E-state index contributed by atoms with van der Waals surface area (Å²) in [4.78, 5) is 0. The molecule has 0 bridgehead atoms. The maximum absolute atomic E-state index is 7.11. The van der Waals surface area contributed by atoms with Crippen LogP contribution in [0.25, 0.3) is 0 Å². The molecular weight excluding hydrogens is 833 g/mol. The van der Waals surface area contributed by atoms with Crippen LogP contribution in [0.2, 0.25) is 157 Å². The van der Waals surface area contributed by atoms with Gasteiger partial charge in [0.2, 0.25) is 0 Å². The molecule has 0 aromatic heterocycles. The first-order valence-corrected chi connectivity index (χ1v) is 47.8. The van der Waals surface area contributed by atoms with E-state index in [0.717, 1.165) is 0 Å². The molecule has 2 heterocycles. The van der Waals surface area contributed by atoms with Gasteiger partial charge in [-0.2, -0.15) is 0 Å². The van der Waals surface area contributed by atoms with Crippen LogP contribution in [0.3, 0.4) is 0 Å². The van der Waals surface area contributed by atoms with Crippen molar-refractivity contribution in [3.8, 4) is 0 Å². The van der Waals surface area contributed by atoms with E-state index in [1.165, 1.54) is 0 Å². The van der Waals surface area contributed by atoms with Crippen LogP contribution in [-0.4, -0.2) is 141 Å². The van der Waals surface area contributed by atoms with Crippen molar-refractivity contribution in [3.05, 3.63) is 0 Å². The predicted molar refractivity (Wildman–Crippen MR) is 246 cm³/mol. The van der Waals surface area contributed by atoms with E-state index in [0.29, 0.717) is 6.61 Å². The van der Waals surface area contributed by atoms with Crippen molar-refractivity contribution in [2.24, 2.45) is 0 Å². The molecule has 10 atom stereocenters. The highest BCUT2D eigenvalue weighted by Crippen LogP contribution is 2.38. The average molecular weight is 920 g/mol. The van der Waals surface area contributed by atoms with E-state index in [2.05, 4.69) is 157 Å². The summed E-state index contributed by atoms with van der Waals surface area (Å²) in [6.07, 6.45) is -5.02. The molecule has 0 N–H and O–H groups in total. The summed E-state index contributed by atoms with van der Waals surface area (Å²) in [6.45, 7) is 53.4. The summed E-state index contributed by atoms with van der Waals surface area (Å²) >= 11 is 0. The number of hydrogen-bond donors (Lipinski definition) is 0. The van der Waals surface area contributed by atoms with Crippen molar-refractivity contribution < 1.29 is 49.6 Å². The van der Waals surface area contributed by atoms with Crippen LogP contribution in [0.5, 0.6) is 0 Å². The summed E-state index contributed by atoms with van der Waals surface area (Å²) in [5.41, 5.74) is 0. The minimum Gasteiger partial charge on any atom is -0.415 e. The number of hydrogen-bond acceptors (Lipinski definition) is 11. The third-order valence-corrected chi connectivity index (χ3v) is 15.5. The summed E-state index contributed by atoms with van der Waals surface area (Å²) in [6, 6.07) is 0. The van der Waals surface area contributed by atoms with E-state index in [4.69, 9.17) is 49.6 Å². The second-order valence-electron chi connectivity index (χ2n) is 23.2. The normalized spacial score (nSPS) is 31.2. The lowest BCUT2D eigenvalue weighted by atomic mass is 9.98. The maximum atomic E-state index is 7.11. The SMILES string of the molecule is C[Si](C)(C)OC[C@H]1O[C@@H](OCC2O[C@@H](O[Si](C)(C)C)[C@H](O[Si](C)(C)C)[C@@H](O[Si](C)(C)C)[C@@H]2O[Si](C)(C)C)[C@H](O[Si](C)(C)C)[C@@H](O[Si](C)(C)C)[C@H]1O[Si](C)(C)C. The molecule has 0 radical (unpaired) electrons. The van der Waals surface area contributed by atoms with Gasteiger partial charge in [-0.05, 0) is 157 Å². The molecule has 2 aliphatic rings. The van der Waals surface area contributed by atoms with E-state index in [-0.39, 0.29) is 12.7 Å². The van der Waals surface area contributed by atoms with Crippen molar-refractivity contribution in [2.45, 2.75) is 219 Å². The van der Waals surface area contributed by atoms with Gasteiger partial charge in [-0.3, -0.25) is 0 Å². The fourth-order valence-electron chi connectivity index (χ4n) is 6.38. The quantitative estimate of drug-likeness (QED) is 0.109. The Bertz CT molecular complexity index is 1180. The standard InChI is InChI=1S/C36H86O11Si8/c1-48(2,3)38-26-28-30(42-50(7,8)9)31(43-51(10,11)12)33(45-53(16,17)18)35(39-28)37-25-27-29(41-49(4,5)6)32(44-52(13,14)15)34(46-54(19,20)21)36(40-27)47-55(22,23)24/h27-36H,25-26H2,1-24H3/t27?,28-,29-,30+,31+,32+,33-,34-,35-,36+/m1/s1. The fraction of sp³-hybridized carbons (Fsp3) is 1.00. The Morgan fingerprint density at radius 1 is 0.291 bits per heavy atom. The lowest BCUT2D eigenvalue weighted by Crippen LogP contribution is -2.68. The van der Waals surface area contributed by atoms with Crippen molar-refractivity contribution in [1.29, 1.82) is 0 Å². The van der Waals surface area contributed by atoms with Gasteiger partial charge in [0.25, 0.3) is 0 Å². The second kappa shape index (κ2) is 19.1. The Kier molecular flexibility index (Phi) is 18.2.